The van der Waals surface area contributed by atoms with E-state index in [1.165, 1.54) is 6.26 Å². The van der Waals surface area contributed by atoms with Gasteiger partial charge in [-0.1, -0.05) is 35.9 Å². The number of rotatable bonds is 9. The quantitative estimate of drug-likeness (QED) is 0.233. The molecule has 1 unspecified atom stereocenters. The van der Waals surface area contributed by atoms with Crippen LogP contribution < -0.4 is 25.8 Å². The standard InChI is InChI=1S/C31H32ClN7O3S/c1-38(27-14-17-33-29(36-27)34-23-10-4-20(5-11-23)19-43(3,41)42)24-12-13-26-25(18-24)35-30(39(26)2)37-28(40)31(15-16-31)21-6-8-22(32)9-7-21/h4-14,17-18,30,35H,15-16,19H2,1-3H3,(H,37,40)(H,33,34,36). The van der Waals surface area contributed by atoms with Gasteiger partial charge in [0.1, 0.15) is 5.82 Å². The number of amides is 1. The topological polar surface area (TPSA) is 120 Å². The lowest BCUT2D eigenvalue weighted by Crippen LogP contribution is -2.51. The zero-order valence-corrected chi connectivity index (χ0v) is 25.6. The van der Waals surface area contributed by atoms with Crippen LogP contribution >= 0.6 is 11.6 Å². The van der Waals surface area contributed by atoms with Gasteiger partial charge in [0.2, 0.25) is 11.9 Å². The second kappa shape index (κ2) is 11.1. The Kier molecular flexibility index (Phi) is 7.39. The average molecular weight is 618 g/mol. The van der Waals surface area contributed by atoms with Gasteiger partial charge in [0.15, 0.2) is 16.1 Å². The van der Waals surface area contributed by atoms with Gasteiger partial charge in [-0.15, -0.1) is 0 Å². The van der Waals surface area contributed by atoms with Gasteiger partial charge in [-0.3, -0.25) is 4.79 Å². The van der Waals surface area contributed by atoms with Crippen LogP contribution in [0.5, 0.6) is 0 Å². The Morgan fingerprint density at radius 2 is 1.81 bits per heavy atom. The lowest BCUT2D eigenvalue weighted by Gasteiger charge is -2.26. The first kappa shape index (κ1) is 28.8. The van der Waals surface area contributed by atoms with Crippen LogP contribution in [0.2, 0.25) is 5.02 Å². The van der Waals surface area contributed by atoms with Crippen molar-refractivity contribution < 1.29 is 13.2 Å². The zero-order valence-electron chi connectivity index (χ0n) is 24.0. The van der Waals surface area contributed by atoms with Gasteiger partial charge < -0.3 is 25.8 Å². The van der Waals surface area contributed by atoms with Gasteiger partial charge in [-0.2, -0.15) is 4.98 Å². The van der Waals surface area contributed by atoms with E-state index in [1.807, 2.05) is 72.4 Å². The molecule has 1 aliphatic heterocycles. The number of carbonyl (C=O) groups is 1. The van der Waals surface area contributed by atoms with Crippen LogP contribution in [0.25, 0.3) is 0 Å². The number of nitrogens with zero attached hydrogens (tertiary/aromatic N) is 4. The normalized spacial score (nSPS) is 16.7. The van der Waals surface area contributed by atoms with Crippen molar-refractivity contribution in [3.8, 4) is 0 Å². The lowest BCUT2D eigenvalue weighted by molar-refractivity contribution is -0.124. The minimum atomic E-state index is -3.10. The largest absolute Gasteiger partial charge is 0.346 e. The number of fused-ring (bicyclic) bond motifs is 1. The summed E-state index contributed by atoms with van der Waals surface area (Å²) in [7, 11) is 0.774. The number of benzene rings is 3. The predicted octanol–water partition coefficient (Wildman–Crippen LogP) is 5.18. The summed E-state index contributed by atoms with van der Waals surface area (Å²) in [6.07, 6.45) is 4.13. The Morgan fingerprint density at radius 1 is 1.09 bits per heavy atom. The number of anilines is 6. The van der Waals surface area contributed by atoms with Crippen LogP contribution in [0.4, 0.5) is 34.5 Å². The minimum Gasteiger partial charge on any atom is -0.346 e. The first-order chi connectivity index (χ1) is 20.5. The molecule has 3 N–H and O–H groups in total. The van der Waals surface area contributed by atoms with Crippen molar-refractivity contribution in [3.63, 3.8) is 0 Å². The molecule has 0 saturated heterocycles. The first-order valence-electron chi connectivity index (χ1n) is 13.8. The van der Waals surface area contributed by atoms with E-state index in [-0.39, 0.29) is 17.9 Å². The van der Waals surface area contributed by atoms with Crippen molar-refractivity contribution in [3.05, 3.63) is 95.1 Å². The molecule has 0 spiro atoms. The van der Waals surface area contributed by atoms with E-state index in [0.717, 1.165) is 41.2 Å². The molecular weight excluding hydrogens is 586 g/mol. The fourth-order valence-electron chi connectivity index (χ4n) is 5.32. The summed E-state index contributed by atoms with van der Waals surface area (Å²) in [5, 5.41) is 10.5. The molecule has 0 radical (unpaired) electrons. The molecule has 2 heterocycles. The number of sulfone groups is 1. The van der Waals surface area contributed by atoms with Crippen LogP contribution in [0, 0.1) is 0 Å². The number of aromatic nitrogens is 2. The van der Waals surface area contributed by atoms with Crippen molar-refractivity contribution in [2.24, 2.45) is 0 Å². The van der Waals surface area contributed by atoms with E-state index < -0.39 is 15.3 Å². The van der Waals surface area contributed by atoms with Crippen LogP contribution in [0.1, 0.15) is 24.0 Å². The molecule has 6 rings (SSSR count). The first-order valence-corrected chi connectivity index (χ1v) is 16.3. The summed E-state index contributed by atoms with van der Waals surface area (Å²) in [5.41, 5.74) is 4.72. The molecule has 1 saturated carbocycles. The van der Waals surface area contributed by atoms with Gasteiger partial charge in [-0.05, 0) is 72.5 Å². The highest BCUT2D eigenvalue weighted by Crippen LogP contribution is 2.49. The van der Waals surface area contributed by atoms with E-state index in [0.29, 0.717) is 22.4 Å². The van der Waals surface area contributed by atoms with E-state index in [1.54, 1.807) is 30.5 Å². The third-order valence-electron chi connectivity index (χ3n) is 7.90. The van der Waals surface area contributed by atoms with Crippen molar-refractivity contribution >= 4 is 61.9 Å². The molecular formula is C31H32ClN7O3S. The molecule has 1 fully saturated rings. The zero-order chi connectivity index (χ0) is 30.4. The second-order valence-corrected chi connectivity index (χ2v) is 13.7. The van der Waals surface area contributed by atoms with Gasteiger partial charge in [0.25, 0.3) is 0 Å². The van der Waals surface area contributed by atoms with E-state index in [9.17, 15) is 13.2 Å². The van der Waals surface area contributed by atoms with Crippen LogP contribution in [0.15, 0.2) is 79.0 Å². The molecule has 2 aliphatic rings. The molecule has 43 heavy (non-hydrogen) atoms. The lowest BCUT2D eigenvalue weighted by atomic mass is 9.95. The van der Waals surface area contributed by atoms with Gasteiger partial charge in [-0.25, -0.2) is 13.4 Å². The minimum absolute atomic E-state index is 0.00429. The van der Waals surface area contributed by atoms with Crippen molar-refractivity contribution in [1.82, 2.24) is 15.3 Å². The summed E-state index contributed by atoms with van der Waals surface area (Å²) in [4.78, 5) is 26.4. The monoisotopic (exact) mass is 617 g/mol. The van der Waals surface area contributed by atoms with Crippen LogP contribution in [-0.4, -0.2) is 50.9 Å². The van der Waals surface area contributed by atoms with Gasteiger partial charge >= 0.3 is 0 Å². The average Bonchev–Trinajstić information content (AvgIpc) is 3.73. The molecule has 4 aromatic rings. The number of carbonyl (C=O) groups excluding carboxylic acids is 1. The van der Waals surface area contributed by atoms with E-state index in [2.05, 4.69) is 25.9 Å². The maximum atomic E-state index is 13.4. The van der Waals surface area contributed by atoms with Crippen LogP contribution in [0.3, 0.4) is 0 Å². The van der Waals surface area contributed by atoms with Crippen molar-refractivity contribution in [1.29, 1.82) is 0 Å². The van der Waals surface area contributed by atoms with Crippen molar-refractivity contribution in [2.45, 2.75) is 30.3 Å². The Morgan fingerprint density at radius 3 is 2.49 bits per heavy atom. The number of nitrogens with one attached hydrogen (secondary N) is 3. The molecule has 1 aliphatic carbocycles. The Labute approximate surface area is 256 Å². The molecule has 10 nitrogen and oxygen atoms in total. The highest BCUT2D eigenvalue weighted by molar-refractivity contribution is 7.89. The van der Waals surface area contributed by atoms with E-state index >= 15 is 0 Å². The maximum absolute atomic E-state index is 13.4. The number of halogens is 1. The summed E-state index contributed by atoms with van der Waals surface area (Å²) >= 11 is 6.06. The SMILES string of the molecule is CN(c1ccc2c(c1)NC(NC(=O)C1(c3ccc(Cl)cc3)CC1)N2C)c1ccnc(Nc2ccc(CS(C)(=O)=O)cc2)n1. The summed E-state index contributed by atoms with van der Waals surface area (Å²) in [6.45, 7) is 0. The maximum Gasteiger partial charge on any atom is 0.233 e. The molecule has 1 atom stereocenters. The van der Waals surface area contributed by atoms with Gasteiger partial charge in [0, 0.05) is 42.9 Å². The molecule has 0 bridgehead atoms. The Hall–Kier alpha value is -4.35. The third-order valence-corrected chi connectivity index (χ3v) is 9.01. The Bertz CT molecular complexity index is 1780. The summed E-state index contributed by atoms with van der Waals surface area (Å²) < 4.78 is 23.1. The van der Waals surface area contributed by atoms with Crippen LogP contribution in [-0.2, 0) is 25.8 Å². The third kappa shape index (κ3) is 6.09. The molecule has 222 valence electrons. The van der Waals surface area contributed by atoms with Crippen molar-refractivity contribution in [2.75, 3.05) is 40.8 Å². The second-order valence-electron chi connectivity index (χ2n) is 11.1. The Balaban J connectivity index is 1.13. The fourth-order valence-corrected chi connectivity index (χ4v) is 6.24. The predicted molar refractivity (Wildman–Crippen MR) is 171 cm³/mol. The molecule has 1 aromatic heterocycles. The van der Waals surface area contributed by atoms with Gasteiger partial charge in [0.05, 0.1) is 22.5 Å². The molecule has 12 heteroatoms. The highest BCUT2D eigenvalue weighted by Gasteiger charge is 2.52. The smallest absolute Gasteiger partial charge is 0.233 e. The number of hydrogen-bond donors (Lipinski definition) is 3. The molecule has 1 amide bonds. The molecule has 3 aromatic carbocycles. The van der Waals surface area contributed by atoms with E-state index in [4.69, 9.17) is 11.6 Å². The fraction of sp³-hybridized carbons (Fsp3) is 0.258. The summed E-state index contributed by atoms with van der Waals surface area (Å²) in [5.74, 6) is 1.08. The highest BCUT2D eigenvalue weighted by atomic mass is 35.5. The number of hydrogen-bond acceptors (Lipinski definition) is 9. The summed E-state index contributed by atoms with van der Waals surface area (Å²) in [6, 6.07) is 22.5.